The number of ketones is 1. The summed E-state index contributed by atoms with van der Waals surface area (Å²) >= 11 is 0. The van der Waals surface area contributed by atoms with E-state index in [1.807, 2.05) is 13.0 Å². The molecule has 0 aliphatic carbocycles. The number of aromatic nitrogens is 1. The summed E-state index contributed by atoms with van der Waals surface area (Å²) in [5.74, 6) is -0.435. The normalized spacial score (nSPS) is 11.3. The Kier molecular flexibility index (Phi) is 4.49. The van der Waals surface area contributed by atoms with Gasteiger partial charge < -0.3 is 4.74 Å². The van der Waals surface area contributed by atoms with Crippen LogP contribution in [0.15, 0.2) is 36.5 Å². The molecular formula is C16H14F3NO2. The minimum absolute atomic E-state index is 0.0740. The molecule has 0 aliphatic rings. The Morgan fingerprint density at radius 2 is 2.00 bits per heavy atom. The molecule has 1 heterocycles. The fourth-order valence-corrected chi connectivity index (χ4v) is 2.05. The van der Waals surface area contributed by atoms with E-state index >= 15 is 0 Å². The largest absolute Gasteiger partial charge is 0.483 e. The van der Waals surface area contributed by atoms with Crippen LogP contribution in [0.5, 0.6) is 5.75 Å². The summed E-state index contributed by atoms with van der Waals surface area (Å²) in [7, 11) is 0. The second kappa shape index (κ2) is 6.17. The van der Waals surface area contributed by atoms with Crippen molar-refractivity contribution in [2.75, 3.05) is 6.61 Å². The second-order valence-electron chi connectivity index (χ2n) is 4.81. The van der Waals surface area contributed by atoms with Crippen LogP contribution in [0, 0.1) is 6.92 Å². The zero-order valence-electron chi connectivity index (χ0n) is 12.1. The molecular weight excluding hydrogens is 295 g/mol. The van der Waals surface area contributed by atoms with Crippen molar-refractivity contribution in [1.82, 2.24) is 4.98 Å². The van der Waals surface area contributed by atoms with E-state index < -0.39 is 12.8 Å². The highest BCUT2D eigenvalue weighted by molar-refractivity contribution is 5.98. The van der Waals surface area contributed by atoms with Gasteiger partial charge in [0.1, 0.15) is 5.75 Å². The first-order chi connectivity index (χ1) is 10.3. The van der Waals surface area contributed by atoms with Gasteiger partial charge in [-0.1, -0.05) is 12.1 Å². The van der Waals surface area contributed by atoms with Crippen molar-refractivity contribution in [2.24, 2.45) is 0 Å². The van der Waals surface area contributed by atoms with Gasteiger partial charge in [-0.3, -0.25) is 9.78 Å². The maximum absolute atomic E-state index is 12.3. The third kappa shape index (κ3) is 3.84. The fraction of sp³-hybridized carbons (Fsp3) is 0.250. The lowest BCUT2D eigenvalue weighted by atomic mass is 10.00. The average Bonchev–Trinajstić information content (AvgIpc) is 2.44. The van der Waals surface area contributed by atoms with Crippen LogP contribution in [0.4, 0.5) is 13.2 Å². The molecule has 116 valence electrons. The van der Waals surface area contributed by atoms with E-state index in [1.54, 1.807) is 18.3 Å². The lowest BCUT2D eigenvalue weighted by molar-refractivity contribution is -0.153. The van der Waals surface area contributed by atoms with Crippen molar-refractivity contribution in [3.05, 3.63) is 47.8 Å². The first-order valence-corrected chi connectivity index (χ1v) is 6.54. The van der Waals surface area contributed by atoms with Crippen molar-refractivity contribution in [1.29, 1.82) is 0 Å². The maximum atomic E-state index is 12.3. The van der Waals surface area contributed by atoms with Crippen molar-refractivity contribution < 1.29 is 22.7 Å². The van der Waals surface area contributed by atoms with E-state index in [1.165, 1.54) is 19.1 Å². The first-order valence-electron chi connectivity index (χ1n) is 6.54. The number of halogens is 3. The summed E-state index contributed by atoms with van der Waals surface area (Å²) < 4.78 is 41.5. The maximum Gasteiger partial charge on any atom is 0.422 e. The zero-order valence-corrected chi connectivity index (χ0v) is 12.1. The van der Waals surface area contributed by atoms with Crippen molar-refractivity contribution in [3.8, 4) is 16.9 Å². The summed E-state index contributed by atoms with van der Waals surface area (Å²) in [5.41, 5.74) is 2.40. The van der Waals surface area contributed by atoms with Crippen LogP contribution in [-0.4, -0.2) is 23.6 Å². The predicted molar refractivity (Wildman–Crippen MR) is 76.0 cm³/mol. The Labute approximate surface area is 125 Å². The van der Waals surface area contributed by atoms with Crippen molar-refractivity contribution in [2.45, 2.75) is 20.0 Å². The van der Waals surface area contributed by atoms with Gasteiger partial charge >= 0.3 is 6.18 Å². The van der Waals surface area contributed by atoms with Gasteiger partial charge in [0.05, 0.1) is 5.56 Å². The molecule has 0 unspecified atom stereocenters. The van der Waals surface area contributed by atoms with Gasteiger partial charge in [0.15, 0.2) is 12.4 Å². The lowest BCUT2D eigenvalue weighted by Gasteiger charge is -2.13. The molecule has 2 aromatic rings. The summed E-state index contributed by atoms with van der Waals surface area (Å²) in [4.78, 5) is 15.8. The topological polar surface area (TPSA) is 39.2 Å². The van der Waals surface area contributed by atoms with E-state index in [0.29, 0.717) is 5.56 Å². The Hall–Kier alpha value is -2.37. The highest BCUT2D eigenvalue weighted by Crippen LogP contribution is 2.29. The fourth-order valence-electron chi connectivity index (χ4n) is 2.05. The third-order valence-corrected chi connectivity index (χ3v) is 3.07. The number of hydrogen-bond acceptors (Lipinski definition) is 3. The van der Waals surface area contributed by atoms with Crippen LogP contribution in [0.25, 0.3) is 11.1 Å². The first kappa shape index (κ1) is 16.0. The quantitative estimate of drug-likeness (QED) is 0.795. The molecule has 0 atom stereocenters. The standard InChI is InChI=1S/C16H14F3NO2/c1-10-13(4-3-7-20-10)12-5-6-15(14(8-12)11(2)21)22-9-16(17,18)19/h3-8H,9H2,1-2H3. The summed E-state index contributed by atoms with van der Waals surface area (Å²) in [6, 6.07) is 8.10. The molecule has 3 nitrogen and oxygen atoms in total. The van der Waals surface area contributed by atoms with E-state index in [2.05, 4.69) is 4.98 Å². The van der Waals surface area contributed by atoms with Crippen LogP contribution >= 0.6 is 0 Å². The molecule has 1 aromatic carbocycles. The number of ether oxygens (including phenoxy) is 1. The minimum Gasteiger partial charge on any atom is -0.483 e. The van der Waals surface area contributed by atoms with Crippen LogP contribution in [-0.2, 0) is 0 Å². The number of carbonyl (C=O) groups excluding carboxylic acids is 1. The molecule has 0 bridgehead atoms. The highest BCUT2D eigenvalue weighted by atomic mass is 19.4. The molecule has 2 rings (SSSR count). The van der Waals surface area contributed by atoms with Gasteiger partial charge in [0.25, 0.3) is 0 Å². The van der Waals surface area contributed by atoms with Crippen LogP contribution in [0.2, 0.25) is 0 Å². The number of rotatable bonds is 4. The molecule has 0 fully saturated rings. The zero-order chi connectivity index (χ0) is 16.3. The molecule has 0 N–H and O–H groups in total. The molecule has 1 aromatic heterocycles. The van der Waals surface area contributed by atoms with E-state index in [4.69, 9.17) is 4.74 Å². The van der Waals surface area contributed by atoms with E-state index in [9.17, 15) is 18.0 Å². The molecule has 0 saturated heterocycles. The number of hydrogen-bond donors (Lipinski definition) is 0. The number of aryl methyl sites for hydroxylation is 1. The molecule has 22 heavy (non-hydrogen) atoms. The Morgan fingerprint density at radius 3 is 2.59 bits per heavy atom. The third-order valence-electron chi connectivity index (χ3n) is 3.07. The van der Waals surface area contributed by atoms with E-state index in [0.717, 1.165) is 11.3 Å². The molecule has 0 saturated carbocycles. The number of Topliss-reactive ketones (excluding diaryl/α,β-unsaturated/α-hetero) is 1. The summed E-state index contributed by atoms with van der Waals surface area (Å²) in [5, 5.41) is 0. The molecule has 0 spiro atoms. The monoisotopic (exact) mass is 309 g/mol. The SMILES string of the molecule is CC(=O)c1cc(-c2cccnc2C)ccc1OCC(F)(F)F. The Bertz CT molecular complexity index is 696. The number of pyridine rings is 1. The molecule has 0 amide bonds. The van der Waals surface area contributed by atoms with Crippen LogP contribution in [0.3, 0.4) is 0 Å². The van der Waals surface area contributed by atoms with Gasteiger partial charge in [-0.05, 0) is 37.6 Å². The molecule has 0 aliphatic heterocycles. The lowest BCUT2D eigenvalue weighted by Crippen LogP contribution is -2.20. The number of nitrogens with zero attached hydrogens (tertiary/aromatic N) is 1. The minimum atomic E-state index is -4.45. The van der Waals surface area contributed by atoms with E-state index in [-0.39, 0.29) is 17.1 Å². The number of alkyl halides is 3. The van der Waals surface area contributed by atoms with Crippen LogP contribution in [0.1, 0.15) is 23.0 Å². The molecule has 0 radical (unpaired) electrons. The smallest absolute Gasteiger partial charge is 0.422 e. The highest BCUT2D eigenvalue weighted by Gasteiger charge is 2.29. The van der Waals surface area contributed by atoms with Crippen molar-refractivity contribution >= 4 is 5.78 Å². The van der Waals surface area contributed by atoms with Gasteiger partial charge in [0, 0.05) is 17.5 Å². The van der Waals surface area contributed by atoms with Crippen LogP contribution < -0.4 is 4.74 Å². The van der Waals surface area contributed by atoms with Crippen molar-refractivity contribution in [3.63, 3.8) is 0 Å². The molecule has 6 heteroatoms. The number of benzene rings is 1. The number of carbonyl (C=O) groups is 1. The van der Waals surface area contributed by atoms with Gasteiger partial charge in [-0.2, -0.15) is 13.2 Å². The summed E-state index contributed by atoms with van der Waals surface area (Å²) in [6.07, 6.45) is -2.81. The summed E-state index contributed by atoms with van der Waals surface area (Å²) in [6.45, 7) is 1.67. The Morgan fingerprint density at radius 1 is 1.27 bits per heavy atom. The Balaban J connectivity index is 2.40. The predicted octanol–water partition coefficient (Wildman–Crippen LogP) is 4.20. The average molecular weight is 309 g/mol. The second-order valence-corrected chi connectivity index (χ2v) is 4.81. The van der Waals surface area contributed by atoms with Gasteiger partial charge in [0.2, 0.25) is 0 Å². The van der Waals surface area contributed by atoms with Gasteiger partial charge in [-0.25, -0.2) is 0 Å². The van der Waals surface area contributed by atoms with Gasteiger partial charge in [-0.15, -0.1) is 0 Å².